The summed E-state index contributed by atoms with van der Waals surface area (Å²) in [6.45, 7) is 2.17. The molecule has 0 aliphatic carbocycles. The number of piperidine rings is 1. The smallest absolute Gasteiger partial charge is 0.247 e. The molecule has 1 aliphatic heterocycles. The molecular weight excluding hydrogens is 228 g/mol. The average molecular weight is 244 g/mol. The van der Waals surface area contributed by atoms with Crippen LogP contribution < -0.4 is 10.6 Å². The molecule has 1 saturated heterocycles. The van der Waals surface area contributed by atoms with Crippen molar-refractivity contribution in [2.45, 2.75) is 18.9 Å². The zero-order chi connectivity index (χ0) is 12.2. The Bertz CT molecular complexity index is 491. The molecule has 3 rings (SSSR count). The minimum atomic E-state index is 0.546. The number of nitrogens with one attached hydrogen (secondary N) is 2. The third-order valence-electron chi connectivity index (χ3n) is 3.18. The summed E-state index contributed by atoms with van der Waals surface area (Å²) in [6, 6.07) is 8.64. The molecule has 2 N–H and O–H groups in total. The molecule has 5 nitrogen and oxygen atoms in total. The largest absolute Gasteiger partial charge is 0.423 e. The second-order valence-electron chi connectivity index (χ2n) is 4.49. The van der Waals surface area contributed by atoms with Gasteiger partial charge in [0.05, 0.1) is 0 Å². The van der Waals surface area contributed by atoms with Crippen molar-refractivity contribution in [1.82, 2.24) is 15.5 Å². The first kappa shape index (κ1) is 11.2. The van der Waals surface area contributed by atoms with Crippen molar-refractivity contribution in [3.63, 3.8) is 0 Å². The van der Waals surface area contributed by atoms with Gasteiger partial charge in [0.1, 0.15) is 0 Å². The highest BCUT2D eigenvalue weighted by atomic mass is 16.4. The molecule has 0 spiro atoms. The van der Waals surface area contributed by atoms with E-state index in [2.05, 4.69) is 33.0 Å². The van der Waals surface area contributed by atoms with E-state index in [1.165, 1.54) is 6.39 Å². The molecule has 2 heterocycles. The van der Waals surface area contributed by atoms with Gasteiger partial charge in [0.2, 0.25) is 12.3 Å². The van der Waals surface area contributed by atoms with Crippen LogP contribution >= 0.6 is 0 Å². The van der Waals surface area contributed by atoms with Gasteiger partial charge in [-0.05, 0) is 44.1 Å². The van der Waals surface area contributed by atoms with Crippen molar-refractivity contribution in [3.8, 4) is 11.5 Å². The van der Waals surface area contributed by atoms with Crippen LogP contribution in [0.3, 0.4) is 0 Å². The van der Waals surface area contributed by atoms with E-state index in [-0.39, 0.29) is 0 Å². The third kappa shape index (κ3) is 2.51. The van der Waals surface area contributed by atoms with Gasteiger partial charge in [-0.1, -0.05) is 6.07 Å². The molecule has 1 aliphatic rings. The summed E-state index contributed by atoms with van der Waals surface area (Å²) in [5.41, 5.74) is 2.06. The maximum Gasteiger partial charge on any atom is 0.247 e. The van der Waals surface area contributed by atoms with Gasteiger partial charge in [0.15, 0.2) is 0 Å². The predicted octanol–water partition coefficient (Wildman–Crippen LogP) is 1.90. The molecule has 18 heavy (non-hydrogen) atoms. The van der Waals surface area contributed by atoms with Crippen LogP contribution in [0.5, 0.6) is 0 Å². The van der Waals surface area contributed by atoms with E-state index in [4.69, 9.17) is 4.42 Å². The van der Waals surface area contributed by atoms with E-state index in [1.54, 1.807) is 0 Å². The lowest BCUT2D eigenvalue weighted by atomic mass is 10.1. The molecule has 0 radical (unpaired) electrons. The topological polar surface area (TPSA) is 63.0 Å². The molecule has 94 valence electrons. The number of anilines is 1. The summed E-state index contributed by atoms with van der Waals surface area (Å²) in [5.74, 6) is 0.559. The zero-order valence-electron chi connectivity index (χ0n) is 10.1. The van der Waals surface area contributed by atoms with Gasteiger partial charge in [0.25, 0.3) is 0 Å². The Morgan fingerprint density at radius 3 is 2.94 bits per heavy atom. The quantitative estimate of drug-likeness (QED) is 0.863. The van der Waals surface area contributed by atoms with Crippen LogP contribution in [-0.4, -0.2) is 29.3 Å². The zero-order valence-corrected chi connectivity index (χ0v) is 10.1. The highest BCUT2D eigenvalue weighted by molar-refractivity contribution is 5.61. The molecule has 0 amide bonds. The summed E-state index contributed by atoms with van der Waals surface area (Å²) in [7, 11) is 0. The first-order valence-electron chi connectivity index (χ1n) is 6.26. The van der Waals surface area contributed by atoms with E-state index in [0.29, 0.717) is 11.9 Å². The van der Waals surface area contributed by atoms with E-state index in [0.717, 1.165) is 37.2 Å². The van der Waals surface area contributed by atoms with Crippen LogP contribution in [0.2, 0.25) is 0 Å². The minimum Gasteiger partial charge on any atom is -0.423 e. The monoisotopic (exact) mass is 244 g/mol. The second kappa shape index (κ2) is 5.18. The molecule has 2 aromatic rings. The summed E-state index contributed by atoms with van der Waals surface area (Å²) in [4.78, 5) is 0. The Balaban J connectivity index is 1.74. The molecule has 0 saturated carbocycles. The van der Waals surface area contributed by atoms with Crippen LogP contribution in [0.15, 0.2) is 35.1 Å². The number of hydrogen-bond donors (Lipinski definition) is 2. The van der Waals surface area contributed by atoms with Gasteiger partial charge in [0, 0.05) is 17.3 Å². The normalized spacial score (nSPS) is 16.7. The third-order valence-corrected chi connectivity index (χ3v) is 3.18. The second-order valence-corrected chi connectivity index (χ2v) is 4.49. The minimum absolute atomic E-state index is 0.546. The van der Waals surface area contributed by atoms with Gasteiger partial charge in [-0.3, -0.25) is 0 Å². The van der Waals surface area contributed by atoms with Gasteiger partial charge in [-0.15, -0.1) is 10.2 Å². The SMILES string of the molecule is c1cc(NC2CCNCC2)cc(-c2nnco2)c1. The number of rotatable bonds is 3. The van der Waals surface area contributed by atoms with Gasteiger partial charge < -0.3 is 15.1 Å². The van der Waals surface area contributed by atoms with Crippen molar-refractivity contribution in [2.24, 2.45) is 0 Å². The Morgan fingerprint density at radius 1 is 1.28 bits per heavy atom. The predicted molar refractivity (Wildman–Crippen MR) is 69.2 cm³/mol. The van der Waals surface area contributed by atoms with E-state index in [9.17, 15) is 0 Å². The summed E-state index contributed by atoms with van der Waals surface area (Å²) in [6.07, 6.45) is 3.66. The summed E-state index contributed by atoms with van der Waals surface area (Å²) in [5, 5.41) is 14.5. The maximum atomic E-state index is 5.20. The fourth-order valence-corrected chi connectivity index (χ4v) is 2.24. The van der Waals surface area contributed by atoms with Crippen molar-refractivity contribution >= 4 is 5.69 Å². The van der Waals surface area contributed by atoms with E-state index < -0.39 is 0 Å². The van der Waals surface area contributed by atoms with Gasteiger partial charge in [-0.2, -0.15) is 0 Å². The lowest BCUT2D eigenvalue weighted by Crippen LogP contribution is -2.35. The molecule has 0 bridgehead atoms. The first-order chi connectivity index (χ1) is 8.92. The average Bonchev–Trinajstić information content (AvgIpc) is 2.94. The van der Waals surface area contributed by atoms with Crippen molar-refractivity contribution < 1.29 is 4.42 Å². The Hall–Kier alpha value is -1.88. The molecule has 1 fully saturated rings. The van der Waals surface area contributed by atoms with Crippen molar-refractivity contribution in [3.05, 3.63) is 30.7 Å². The van der Waals surface area contributed by atoms with Crippen LogP contribution in [0.25, 0.3) is 11.5 Å². The van der Waals surface area contributed by atoms with E-state index in [1.807, 2.05) is 12.1 Å². The standard InChI is InChI=1S/C13H16N4O/c1-2-10(13-17-15-9-18-13)8-12(3-1)16-11-4-6-14-7-5-11/h1-3,8-9,11,14,16H,4-7H2. The number of benzene rings is 1. The fourth-order valence-electron chi connectivity index (χ4n) is 2.24. The lowest BCUT2D eigenvalue weighted by molar-refractivity contribution is 0.479. The highest BCUT2D eigenvalue weighted by Crippen LogP contribution is 2.21. The van der Waals surface area contributed by atoms with Crippen molar-refractivity contribution in [2.75, 3.05) is 18.4 Å². The molecule has 1 aromatic carbocycles. The van der Waals surface area contributed by atoms with Gasteiger partial charge in [-0.25, -0.2) is 0 Å². The maximum absolute atomic E-state index is 5.20. The Labute approximate surface area is 106 Å². The molecular formula is C13H16N4O. The summed E-state index contributed by atoms with van der Waals surface area (Å²) < 4.78 is 5.20. The van der Waals surface area contributed by atoms with E-state index >= 15 is 0 Å². The van der Waals surface area contributed by atoms with Crippen molar-refractivity contribution in [1.29, 1.82) is 0 Å². The number of nitrogens with zero attached hydrogens (tertiary/aromatic N) is 2. The Morgan fingerprint density at radius 2 is 2.17 bits per heavy atom. The fraction of sp³-hybridized carbons (Fsp3) is 0.385. The molecule has 0 atom stereocenters. The number of aromatic nitrogens is 2. The highest BCUT2D eigenvalue weighted by Gasteiger charge is 2.13. The van der Waals surface area contributed by atoms with Gasteiger partial charge >= 0.3 is 0 Å². The van der Waals surface area contributed by atoms with Crippen LogP contribution in [0.1, 0.15) is 12.8 Å². The number of hydrogen-bond acceptors (Lipinski definition) is 5. The van der Waals surface area contributed by atoms with Crippen LogP contribution in [0, 0.1) is 0 Å². The molecule has 1 aromatic heterocycles. The lowest BCUT2D eigenvalue weighted by Gasteiger charge is -2.24. The van der Waals surface area contributed by atoms with Crippen LogP contribution in [-0.2, 0) is 0 Å². The molecule has 5 heteroatoms. The first-order valence-corrected chi connectivity index (χ1v) is 6.26. The Kier molecular flexibility index (Phi) is 3.23. The summed E-state index contributed by atoms with van der Waals surface area (Å²) >= 11 is 0. The van der Waals surface area contributed by atoms with Crippen LogP contribution in [0.4, 0.5) is 5.69 Å². The molecule has 0 unspecified atom stereocenters.